The van der Waals surface area contributed by atoms with Gasteiger partial charge in [-0.2, -0.15) is 0 Å². The molecule has 2 aromatic rings. The monoisotopic (exact) mass is 383 g/mol. The standard InChI is InChI=1S/C20H21N3O5/c1-2-14-12-23(20(27)22-19(14)26)18-10-15(24)16(28-18)11-21-17(25)9-8-13-6-4-3-5-7-13/h3-7,12,15-16,18,24H,2,10-11H2,1H3,(H,21,25)(H,22,26,27)/t15?,16-,18-/m0/s1. The van der Waals surface area contributed by atoms with E-state index in [1.165, 1.54) is 10.8 Å². The van der Waals surface area contributed by atoms with Crippen LogP contribution in [0.5, 0.6) is 0 Å². The first-order chi connectivity index (χ1) is 13.5. The fourth-order valence-corrected chi connectivity index (χ4v) is 2.95. The van der Waals surface area contributed by atoms with Crippen LogP contribution in [0.4, 0.5) is 0 Å². The molecule has 146 valence electrons. The van der Waals surface area contributed by atoms with E-state index in [0.717, 1.165) is 5.56 Å². The first kappa shape index (κ1) is 19.6. The third-order valence-corrected chi connectivity index (χ3v) is 4.49. The molecule has 1 aromatic carbocycles. The molecule has 1 unspecified atom stereocenters. The molecular weight excluding hydrogens is 362 g/mol. The van der Waals surface area contributed by atoms with E-state index < -0.39 is 35.6 Å². The number of aliphatic hydroxyl groups excluding tert-OH is 1. The van der Waals surface area contributed by atoms with Gasteiger partial charge in [0.1, 0.15) is 12.3 Å². The second-order valence-electron chi connectivity index (χ2n) is 6.43. The lowest BCUT2D eigenvalue weighted by Crippen LogP contribution is -2.37. The van der Waals surface area contributed by atoms with Gasteiger partial charge in [0, 0.05) is 36.2 Å². The van der Waals surface area contributed by atoms with Gasteiger partial charge in [0.25, 0.3) is 11.5 Å². The lowest BCUT2D eigenvalue weighted by atomic mass is 10.1. The molecule has 1 aromatic heterocycles. The topological polar surface area (TPSA) is 113 Å². The Kier molecular flexibility index (Phi) is 6.09. The smallest absolute Gasteiger partial charge is 0.330 e. The summed E-state index contributed by atoms with van der Waals surface area (Å²) in [6.45, 7) is 1.86. The average Bonchev–Trinajstić information content (AvgIpc) is 3.06. The van der Waals surface area contributed by atoms with E-state index >= 15 is 0 Å². The maximum Gasteiger partial charge on any atom is 0.330 e. The number of rotatable bonds is 4. The Hall–Kier alpha value is -3.15. The third-order valence-electron chi connectivity index (χ3n) is 4.49. The molecule has 2 heterocycles. The van der Waals surface area contributed by atoms with Gasteiger partial charge in [0.05, 0.1) is 6.10 Å². The number of benzene rings is 1. The molecule has 3 N–H and O–H groups in total. The average molecular weight is 383 g/mol. The summed E-state index contributed by atoms with van der Waals surface area (Å²) in [6, 6.07) is 9.10. The summed E-state index contributed by atoms with van der Waals surface area (Å²) in [6.07, 6.45) is -0.185. The number of nitrogens with one attached hydrogen (secondary N) is 2. The molecule has 0 aliphatic carbocycles. The van der Waals surface area contributed by atoms with Gasteiger partial charge >= 0.3 is 5.69 Å². The minimum atomic E-state index is -0.865. The molecule has 8 nitrogen and oxygen atoms in total. The summed E-state index contributed by atoms with van der Waals surface area (Å²) >= 11 is 0. The number of hydrogen-bond acceptors (Lipinski definition) is 5. The number of H-pyrrole nitrogens is 1. The Morgan fingerprint density at radius 3 is 2.82 bits per heavy atom. The predicted molar refractivity (Wildman–Crippen MR) is 102 cm³/mol. The van der Waals surface area contributed by atoms with Crippen LogP contribution in [0.2, 0.25) is 0 Å². The molecule has 0 radical (unpaired) electrons. The van der Waals surface area contributed by atoms with Crippen LogP contribution in [0.25, 0.3) is 0 Å². The summed E-state index contributed by atoms with van der Waals surface area (Å²) in [5.41, 5.74) is 0.144. The first-order valence-corrected chi connectivity index (χ1v) is 9.00. The van der Waals surface area contributed by atoms with Crippen molar-refractivity contribution in [2.45, 2.75) is 38.2 Å². The van der Waals surface area contributed by atoms with E-state index in [1.807, 2.05) is 18.2 Å². The number of carbonyl (C=O) groups is 1. The lowest BCUT2D eigenvalue weighted by molar-refractivity contribution is -0.116. The first-order valence-electron chi connectivity index (χ1n) is 9.00. The predicted octanol–water partition coefficient (Wildman–Crippen LogP) is -0.0847. The van der Waals surface area contributed by atoms with E-state index in [4.69, 9.17) is 4.74 Å². The minimum absolute atomic E-state index is 0.0543. The van der Waals surface area contributed by atoms with Crippen LogP contribution >= 0.6 is 0 Å². The van der Waals surface area contributed by atoms with Crippen molar-refractivity contribution in [2.75, 3.05) is 6.54 Å². The number of carbonyl (C=O) groups excluding carboxylic acids is 1. The van der Waals surface area contributed by atoms with Crippen LogP contribution in [0, 0.1) is 11.8 Å². The summed E-state index contributed by atoms with van der Waals surface area (Å²) in [4.78, 5) is 37.9. The fourth-order valence-electron chi connectivity index (χ4n) is 2.95. The zero-order chi connectivity index (χ0) is 20.1. The molecule has 3 rings (SSSR count). The molecule has 1 aliphatic heterocycles. The molecule has 3 atom stereocenters. The second-order valence-corrected chi connectivity index (χ2v) is 6.43. The lowest BCUT2D eigenvalue weighted by Gasteiger charge is -2.16. The van der Waals surface area contributed by atoms with Crippen molar-refractivity contribution in [3.05, 3.63) is 68.5 Å². The zero-order valence-corrected chi connectivity index (χ0v) is 15.3. The van der Waals surface area contributed by atoms with E-state index in [1.54, 1.807) is 19.1 Å². The van der Waals surface area contributed by atoms with Gasteiger partial charge in [-0.1, -0.05) is 31.0 Å². The summed E-state index contributed by atoms with van der Waals surface area (Å²) in [5, 5.41) is 12.8. The number of aromatic amines is 1. The minimum Gasteiger partial charge on any atom is -0.390 e. The number of aliphatic hydroxyl groups is 1. The van der Waals surface area contributed by atoms with E-state index in [2.05, 4.69) is 22.1 Å². The molecule has 1 aliphatic rings. The summed E-state index contributed by atoms with van der Waals surface area (Å²) in [7, 11) is 0. The highest BCUT2D eigenvalue weighted by Gasteiger charge is 2.35. The van der Waals surface area contributed by atoms with Gasteiger partial charge in [-0.25, -0.2) is 4.79 Å². The van der Waals surface area contributed by atoms with Crippen LogP contribution in [-0.4, -0.2) is 39.3 Å². The summed E-state index contributed by atoms with van der Waals surface area (Å²) < 4.78 is 6.99. The quantitative estimate of drug-likeness (QED) is 0.639. The Bertz CT molecular complexity index is 1020. The number of hydrogen-bond donors (Lipinski definition) is 3. The number of nitrogens with zero attached hydrogens (tertiary/aromatic N) is 1. The highest BCUT2D eigenvalue weighted by molar-refractivity contribution is 5.94. The second kappa shape index (κ2) is 8.69. The van der Waals surface area contributed by atoms with Gasteiger partial charge < -0.3 is 15.2 Å². The highest BCUT2D eigenvalue weighted by Crippen LogP contribution is 2.27. The Morgan fingerprint density at radius 1 is 1.36 bits per heavy atom. The van der Waals surface area contributed by atoms with Gasteiger partial charge in [0.2, 0.25) is 0 Å². The fraction of sp³-hybridized carbons (Fsp3) is 0.350. The van der Waals surface area contributed by atoms with Crippen LogP contribution < -0.4 is 16.6 Å². The van der Waals surface area contributed by atoms with Gasteiger partial charge in [-0.05, 0) is 18.6 Å². The van der Waals surface area contributed by atoms with Crippen molar-refractivity contribution < 1.29 is 14.6 Å². The molecule has 0 bridgehead atoms. The van der Waals surface area contributed by atoms with Crippen LogP contribution in [0.3, 0.4) is 0 Å². The Morgan fingerprint density at radius 2 is 2.11 bits per heavy atom. The molecular formula is C20H21N3O5. The number of amides is 1. The molecule has 1 amide bonds. The molecule has 1 fully saturated rings. The number of aryl methyl sites for hydroxylation is 1. The highest BCUT2D eigenvalue weighted by atomic mass is 16.5. The Labute approximate surface area is 161 Å². The van der Waals surface area contributed by atoms with E-state index in [0.29, 0.717) is 12.0 Å². The maximum atomic E-state index is 12.1. The van der Waals surface area contributed by atoms with Gasteiger partial charge in [0.15, 0.2) is 0 Å². The van der Waals surface area contributed by atoms with Crippen molar-refractivity contribution >= 4 is 5.91 Å². The van der Waals surface area contributed by atoms with Crippen molar-refractivity contribution in [2.24, 2.45) is 0 Å². The molecule has 28 heavy (non-hydrogen) atoms. The van der Waals surface area contributed by atoms with Gasteiger partial charge in [-0.15, -0.1) is 0 Å². The largest absolute Gasteiger partial charge is 0.390 e. The molecule has 0 spiro atoms. The van der Waals surface area contributed by atoms with Crippen molar-refractivity contribution in [3.63, 3.8) is 0 Å². The van der Waals surface area contributed by atoms with E-state index in [-0.39, 0.29) is 13.0 Å². The van der Waals surface area contributed by atoms with Crippen LogP contribution in [0.1, 0.15) is 30.7 Å². The normalized spacial score (nSPS) is 21.0. The Balaban J connectivity index is 1.62. The van der Waals surface area contributed by atoms with Crippen molar-refractivity contribution in [3.8, 4) is 11.8 Å². The molecule has 0 saturated carbocycles. The third kappa shape index (κ3) is 4.57. The molecule has 8 heteroatoms. The van der Waals surface area contributed by atoms with Crippen LogP contribution in [0.15, 0.2) is 46.1 Å². The van der Waals surface area contributed by atoms with Gasteiger partial charge in [-0.3, -0.25) is 19.1 Å². The number of ether oxygens (including phenoxy) is 1. The van der Waals surface area contributed by atoms with Crippen molar-refractivity contribution in [1.82, 2.24) is 14.9 Å². The maximum absolute atomic E-state index is 12.1. The zero-order valence-electron chi connectivity index (χ0n) is 15.3. The number of aromatic nitrogens is 2. The molecule has 1 saturated heterocycles. The SMILES string of the molecule is CCc1cn([C@@H]2CC(O)[C@H](CNC(=O)C#Cc3ccccc3)O2)c(=O)[nH]c1=O. The van der Waals surface area contributed by atoms with E-state index in [9.17, 15) is 19.5 Å². The van der Waals surface area contributed by atoms with Crippen LogP contribution in [-0.2, 0) is 16.0 Å². The van der Waals surface area contributed by atoms with Crippen molar-refractivity contribution in [1.29, 1.82) is 0 Å². The summed E-state index contributed by atoms with van der Waals surface area (Å²) in [5.74, 6) is 4.74.